The van der Waals surface area contributed by atoms with Crippen LogP contribution in [0.15, 0.2) is 60.7 Å². The van der Waals surface area contributed by atoms with E-state index >= 15 is 0 Å². The summed E-state index contributed by atoms with van der Waals surface area (Å²) in [5.74, 6) is 0. The lowest BCUT2D eigenvalue weighted by Gasteiger charge is -2.08. The van der Waals surface area contributed by atoms with Crippen molar-refractivity contribution < 1.29 is 33.2 Å². The van der Waals surface area contributed by atoms with Gasteiger partial charge in [-0.05, 0) is 49.7 Å². The summed E-state index contributed by atoms with van der Waals surface area (Å²) in [4.78, 5) is 0. The summed E-state index contributed by atoms with van der Waals surface area (Å²) in [5, 5.41) is 0. The van der Waals surface area contributed by atoms with Gasteiger partial charge in [0.1, 0.15) is 0 Å². The second-order valence-electron chi connectivity index (χ2n) is 9.26. The normalized spacial score (nSPS) is 11.3. The lowest BCUT2D eigenvalue weighted by molar-refractivity contribution is 0.0428. The van der Waals surface area contributed by atoms with Crippen LogP contribution in [0.1, 0.15) is 49.7 Å². The second-order valence-corrected chi connectivity index (χ2v) is 9.26. The lowest BCUT2D eigenvalue weighted by Crippen LogP contribution is -2.08. The van der Waals surface area contributed by atoms with Gasteiger partial charge in [-0.1, -0.05) is 60.7 Å². The highest BCUT2D eigenvalue weighted by atomic mass is 16.5. The van der Waals surface area contributed by atoms with E-state index in [2.05, 4.69) is 24.3 Å². The summed E-state index contributed by atoms with van der Waals surface area (Å²) >= 11 is 0. The van der Waals surface area contributed by atoms with Crippen LogP contribution >= 0.6 is 0 Å². The molecule has 0 aliphatic rings. The van der Waals surface area contributed by atoms with Gasteiger partial charge in [0.15, 0.2) is 0 Å². The maximum atomic E-state index is 5.65. The van der Waals surface area contributed by atoms with Crippen molar-refractivity contribution in [2.45, 2.75) is 51.7 Å². The fraction of sp³-hybridized carbons (Fsp3) is 0.625. The Morgan fingerprint density at radius 3 is 0.769 bits per heavy atom. The van der Waals surface area contributed by atoms with E-state index in [1.165, 1.54) is 11.1 Å². The lowest BCUT2D eigenvalue weighted by atomic mass is 10.2. The summed E-state index contributed by atoms with van der Waals surface area (Å²) in [6.07, 6.45) is 5.48. The van der Waals surface area contributed by atoms with Crippen LogP contribution in [0, 0.1) is 0 Å². The van der Waals surface area contributed by atoms with Crippen molar-refractivity contribution in [1.29, 1.82) is 0 Å². The zero-order valence-corrected chi connectivity index (χ0v) is 23.8. The van der Waals surface area contributed by atoms with E-state index < -0.39 is 0 Å². The molecule has 0 bridgehead atoms. The molecule has 0 aromatic heterocycles. The van der Waals surface area contributed by atoms with Gasteiger partial charge >= 0.3 is 0 Å². The van der Waals surface area contributed by atoms with Crippen LogP contribution in [0.3, 0.4) is 0 Å². The minimum absolute atomic E-state index is 0.663. The molecule has 2 aromatic rings. The number of hydrogen-bond donors (Lipinski definition) is 0. The van der Waals surface area contributed by atoms with E-state index in [-0.39, 0.29) is 0 Å². The molecule has 220 valence electrons. The van der Waals surface area contributed by atoms with Crippen LogP contribution in [-0.2, 0) is 46.4 Å². The van der Waals surface area contributed by atoms with Gasteiger partial charge in [0, 0.05) is 79.3 Å². The molecular weight excluding hydrogens is 496 g/mol. The Balaban J connectivity index is 1.16. The Kier molecular flexibility index (Phi) is 22.6. The molecule has 7 nitrogen and oxygen atoms in total. The van der Waals surface area contributed by atoms with E-state index in [1.54, 1.807) is 0 Å². The van der Waals surface area contributed by atoms with Crippen LogP contribution in [0.4, 0.5) is 0 Å². The highest BCUT2D eigenvalue weighted by Crippen LogP contribution is 2.02. The van der Waals surface area contributed by atoms with Crippen LogP contribution in [0.5, 0.6) is 0 Å². The first kappa shape index (κ1) is 33.4. The number of rotatable bonds is 28. The first-order valence-corrected chi connectivity index (χ1v) is 14.6. The van der Waals surface area contributed by atoms with Crippen molar-refractivity contribution in [1.82, 2.24) is 0 Å². The molecule has 0 aliphatic carbocycles. The molecule has 0 heterocycles. The summed E-state index contributed by atoms with van der Waals surface area (Å²) in [6.45, 7) is 10.0. The van der Waals surface area contributed by atoms with Gasteiger partial charge in [0.25, 0.3) is 0 Å². The van der Waals surface area contributed by atoms with Crippen LogP contribution < -0.4 is 0 Å². The Bertz CT molecular complexity index is 681. The van der Waals surface area contributed by atoms with Crippen LogP contribution in [0.2, 0.25) is 0 Å². The third-order valence-electron chi connectivity index (χ3n) is 5.69. The molecule has 0 amide bonds. The SMILES string of the molecule is c1ccc(COCCCOCCCOCCCOCCCOCCCOCCCOCc2ccccc2)cc1. The Hall–Kier alpha value is -1.84. The zero-order valence-electron chi connectivity index (χ0n) is 23.8. The molecule has 2 rings (SSSR count). The smallest absolute Gasteiger partial charge is 0.0716 e. The van der Waals surface area contributed by atoms with Gasteiger partial charge in [-0.25, -0.2) is 0 Å². The van der Waals surface area contributed by atoms with Crippen molar-refractivity contribution in [3.63, 3.8) is 0 Å². The summed E-state index contributed by atoms with van der Waals surface area (Å²) in [7, 11) is 0. The van der Waals surface area contributed by atoms with Gasteiger partial charge in [0.2, 0.25) is 0 Å². The average molecular weight is 547 g/mol. The van der Waals surface area contributed by atoms with Gasteiger partial charge < -0.3 is 33.2 Å². The van der Waals surface area contributed by atoms with Crippen molar-refractivity contribution in [3.05, 3.63) is 71.8 Å². The first-order valence-electron chi connectivity index (χ1n) is 14.6. The minimum Gasteiger partial charge on any atom is -0.381 e. The molecule has 0 spiro atoms. The molecule has 0 fully saturated rings. The van der Waals surface area contributed by atoms with E-state index in [1.807, 2.05) is 36.4 Å². The van der Waals surface area contributed by atoms with Crippen molar-refractivity contribution in [2.75, 3.05) is 79.3 Å². The molecule has 0 saturated carbocycles. The standard InChI is InChI=1S/C32H50O7/c1-3-13-31(14-4-1)29-38-27-11-25-36-23-9-21-34-19-7-17-33-18-8-20-35-22-10-24-37-26-12-28-39-30-32-15-5-2-6-16-32/h1-6,13-16H,7-12,17-30H2. The van der Waals surface area contributed by atoms with Gasteiger partial charge in [0.05, 0.1) is 13.2 Å². The molecule has 0 radical (unpaired) electrons. The third kappa shape index (κ3) is 21.6. The highest BCUT2D eigenvalue weighted by molar-refractivity contribution is 5.14. The van der Waals surface area contributed by atoms with E-state index in [0.717, 1.165) is 118 Å². The molecule has 0 N–H and O–H groups in total. The molecule has 0 unspecified atom stereocenters. The van der Waals surface area contributed by atoms with Crippen molar-refractivity contribution >= 4 is 0 Å². The van der Waals surface area contributed by atoms with Crippen LogP contribution in [-0.4, -0.2) is 79.3 Å². The van der Waals surface area contributed by atoms with Crippen molar-refractivity contribution in [3.8, 4) is 0 Å². The van der Waals surface area contributed by atoms with E-state index in [0.29, 0.717) is 13.2 Å². The van der Waals surface area contributed by atoms with E-state index in [4.69, 9.17) is 33.2 Å². The summed E-state index contributed by atoms with van der Waals surface area (Å²) in [6, 6.07) is 20.4. The Morgan fingerprint density at radius 1 is 0.282 bits per heavy atom. The van der Waals surface area contributed by atoms with E-state index in [9.17, 15) is 0 Å². The zero-order chi connectivity index (χ0) is 27.3. The highest BCUT2D eigenvalue weighted by Gasteiger charge is 1.97. The predicted molar refractivity (Wildman–Crippen MR) is 154 cm³/mol. The number of hydrogen-bond acceptors (Lipinski definition) is 7. The molecule has 39 heavy (non-hydrogen) atoms. The maximum Gasteiger partial charge on any atom is 0.0716 e. The van der Waals surface area contributed by atoms with Crippen molar-refractivity contribution in [2.24, 2.45) is 0 Å². The average Bonchev–Trinajstić information content (AvgIpc) is 2.98. The monoisotopic (exact) mass is 546 g/mol. The summed E-state index contributed by atoms with van der Waals surface area (Å²) < 4.78 is 39.5. The topological polar surface area (TPSA) is 64.6 Å². The maximum absolute atomic E-state index is 5.65. The van der Waals surface area contributed by atoms with Gasteiger partial charge in [-0.15, -0.1) is 0 Å². The fourth-order valence-corrected chi connectivity index (χ4v) is 3.62. The quantitative estimate of drug-likeness (QED) is 0.124. The third-order valence-corrected chi connectivity index (χ3v) is 5.69. The molecule has 0 aliphatic heterocycles. The Labute approximate surface area is 236 Å². The number of ether oxygens (including phenoxy) is 7. The fourth-order valence-electron chi connectivity index (χ4n) is 3.62. The Morgan fingerprint density at radius 2 is 0.513 bits per heavy atom. The molecule has 0 saturated heterocycles. The first-order chi connectivity index (χ1) is 19.4. The molecule has 2 aromatic carbocycles. The molecule has 0 atom stereocenters. The number of benzene rings is 2. The molecule has 7 heteroatoms. The largest absolute Gasteiger partial charge is 0.381 e. The van der Waals surface area contributed by atoms with Crippen LogP contribution in [0.25, 0.3) is 0 Å². The molecular formula is C32H50O7. The predicted octanol–water partition coefficient (Wildman–Crippen LogP) is 5.84. The minimum atomic E-state index is 0.663. The summed E-state index contributed by atoms with van der Waals surface area (Å²) in [5.41, 5.74) is 2.41. The second kappa shape index (κ2) is 26.4. The van der Waals surface area contributed by atoms with Gasteiger partial charge in [-0.3, -0.25) is 0 Å². The van der Waals surface area contributed by atoms with Gasteiger partial charge in [-0.2, -0.15) is 0 Å².